The second kappa shape index (κ2) is 7.25. The molecule has 2 N–H and O–H groups in total. The van der Waals surface area contributed by atoms with E-state index in [1.54, 1.807) is 0 Å². The van der Waals surface area contributed by atoms with Crippen LogP contribution in [-0.4, -0.2) is 35.5 Å². The number of carbonyl (C=O) groups is 1. The average molecular weight is 303 g/mol. The largest absolute Gasteiger partial charge is 0.326 e. The zero-order chi connectivity index (χ0) is 16.2. The van der Waals surface area contributed by atoms with E-state index < -0.39 is 0 Å². The molecule has 1 saturated heterocycles. The molecule has 4 heteroatoms. The van der Waals surface area contributed by atoms with E-state index in [4.69, 9.17) is 0 Å². The maximum atomic E-state index is 11.0. The van der Waals surface area contributed by atoms with E-state index in [1.807, 2.05) is 12.1 Å². The normalized spacial score (nSPS) is 17.5. The van der Waals surface area contributed by atoms with Crippen molar-refractivity contribution >= 4 is 11.6 Å². The molecular weight excluding hydrogens is 274 g/mol. The van der Waals surface area contributed by atoms with Gasteiger partial charge in [0.2, 0.25) is 5.91 Å². The zero-order valence-corrected chi connectivity index (χ0v) is 14.3. The number of nitrogens with one attached hydrogen (secondary N) is 2. The molecule has 1 aromatic rings. The lowest BCUT2D eigenvalue weighted by molar-refractivity contribution is -0.114. The summed E-state index contributed by atoms with van der Waals surface area (Å²) in [6.45, 7) is 11.6. The zero-order valence-electron chi connectivity index (χ0n) is 14.3. The third-order valence-corrected chi connectivity index (χ3v) is 4.31. The van der Waals surface area contributed by atoms with Crippen LogP contribution in [0.15, 0.2) is 24.3 Å². The summed E-state index contributed by atoms with van der Waals surface area (Å²) in [5, 5.41) is 6.45. The minimum absolute atomic E-state index is 0.0310. The second-order valence-electron chi connectivity index (χ2n) is 7.19. The number of amides is 1. The Morgan fingerprint density at radius 3 is 2.27 bits per heavy atom. The van der Waals surface area contributed by atoms with Gasteiger partial charge < -0.3 is 10.6 Å². The molecule has 0 aliphatic carbocycles. The molecule has 22 heavy (non-hydrogen) atoms. The van der Waals surface area contributed by atoms with Gasteiger partial charge in [-0.1, -0.05) is 12.1 Å². The number of nitrogens with zero attached hydrogens (tertiary/aromatic N) is 1. The topological polar surface area (TPSA) is 44.4 Å². The molecule has 0 saturated carbocycles. The van der Waals surface area contributed by atoms with Gasteiger partial charge in [-0.15, -0.1) is 0 Å². The highest BCUT2D eigenvalue weighted by atomic mass is 16.1. The van der Waals surface area contributed by atoms with Gasteiger partial charge in [0.25, 0.3) is 0 Å². The van der Waals surface area contributed by atoms with Gasteiger partial charge in [0, 0.05) is 43.8 Å². The first-order chi connectivity index (χ1) is 10.3. The predicted molar refractivity (Wildman–Crippen MR) is 91.9 cm³/mol. The van der Waals surface area contributed by atoms with Gasteiger partial charge in [0.15, 0.2) is 0 Å². The van der Waals surface area contributed by atoms with E-state index in [0.29, 0.717) is 6.04 Å². The minimum atomic E-state index is -0.0310. The molecule has 0 bridgehead atoms. The summed E-state index contributed by atoms with van der Waals surface area (Å²) in [6.07, 6.45) is 2.42. The van der Waals surface area contributed by atoms with Crippen molar-refractivity contribution < 1.29 is 4.79 Å². The van der Waals surface area contributed by atoms with Crippen LogP contribution in [0.3, 0.4) is 0 Å². The predicted octanol–water partition coefficient (Wildman–Crippen LogP) is 3.00. The Morgan fingerprint density at radius 1 is 1.18 bits per heavy atom. The van der Waals surface area contributed by atoms with Gasteiger partial charge >= 0.3 is 0 Å². The number of piperidine rings is 1. The third kappa shape index (κ3) is 5.11. The van der Waals surface area contributed by atoms with E-state index in [2.05, 4.69) is 48.4 Å². The van der Waals surface area contributed by atoms with E-state index in [1.165, 1.54) is 38.4 Å². The van der Waals surface area contributed by atoms with Crippen LogP contribution in [0.1, 0.15) is 46.1 Å². The summed E-state index contributed by atoms with van der Waals surface area (Å²) >= 11 is 0. The van der Waals surface area contributed by atoms with Crippen LogP contribution in [0.2, 0.25) is 0 Å². The van der Waals surface area contributed by atoms with Crippen LogP contribution in [0.25, 0.3) is 0 Å². The van der Waals surface area contributed by atoms with Crippen molar-refractivity contribution in [3.8, 4) is 0 Å². The molecule has 1 aromatic carbocycles. The molecule has 0 radical (unpaired) electrons. The van der Waals surface area contributed by atoms with E-state index in [9.17, 15) is 4.79 Å². The lowest BCUT2D eigenvalue weighted by atomic mass is 9.98. The maximum absolute atomic E-state index is 11.0. The fourth-order valence-electron chi connectivity index (χ4n) is 2.93. The number of hydrogen-bond donors (Lipinski definition) is 2. The highest BCUT2D eigenvalue weighted by molar-refractivity contribution is 5.88. The summed E-state index contributed by atoms with van der Waals surface area (Å²) in [4.78, 5) is 13.6. The van der Waals surface area contributed by atoms with E-state index in [-0.39, 0.29) is 11.4 Å². The van der Waals surface area contributed by atoms with Crippen LogP contribution in [0, 0.1) is 0 Å². The molecule has 122 valence electrons. The number of anilines is 1. The highest BCUT2D eigenvalue weighted by Crippen LogP contribution is 2.20. The van der Waals surface area contributed by atoms with E-state index in [0.717, 1.165) is 12.2 Å². The Kier molecular flexibility index (Phi) is 5.59. The SMILES string of the molecule is CC(=O)Nc1ccc(CNC2CCN(C(C)(C)C)CC2)cc1. The molecule has 0 unspecified atom stereocenters. The van der Waals surface area contributed by atoms with Gasteiger partial charge in [-0.25, -0.2) is 0 Å². The van der Waals surface area contributed by atoms with Gasteiger partial charge in [-0.3, -0.25) is 9.69 Å². The van der Waals surface area contributed by atoms with Crippen molar-refractivity contribution in [2.45, 2.75) is 58.7 Å². The van der Waals surface area contributed by atoms with Crippen LogP contribution < -0.4 is 10.6 Å². The Labute approximate surface area is 134 Å². The van der Waals surface area contributed by atoms with Gasteiger partial charge in [-0.2, -0.15) is 0 Å². The van der Waals surface area contributed by atoms with Crippen molar-refractivity contribution in [1.29, 1.82) is 0 Å². The van der Waals surface area contributed by atoms with Crippen molar-refractivity contribution in [2.75, 3.05) is 18.4 Å². The first-order valence-corrected chi connectivity index (χ1v) is 8.19. The van der Waals surface area contributed by atoms with Gasteiger partial charge in [0.05, 0.1) is 0 Å². The molecule has 1 aliphatic heterocycles. The van der Waals surface area contributed by atoms with E-state index >= 15 is 0 Å². The first-order valence-electron chi connectivity index (χ1n) is 8.19. The summed E-state index contributed by atoms with van der Waals surface area (Å²) in [6, 6.07) is 8.67. The van der Waals surface area contributed by atoms with Crippen molar-refractivity contribution in [3.05, 3.63) is 29.8 Å². The Balaban J connectivity index is 1.76. The minimum Gasteiger partial charge on any atom is -0.326 e. The summed E-state index contributed by atoms with van der Waals surface area (Å²) in [5.41, 5.74) is 2.40. The molecule has 4 nitrogen and oxygen atoms in total. The summed E-state index contributed by atoms with van der Waals surface area (Å²) < 4.78 is 0. The van der Waals surface area contributed by atoms with Crippen LogP contribution in [-0.2, 0) is 11.3 Å². The Hall–Kier alpha value is -1.39. The number of benzene rings is 1. The smallest absolute Gasteiger partial charge is 0.221 e. The maximum Gasteiger partial charge on any atom is 0.221 e. The Bertz CT molecular complexity index is 482. The molecule has 0 spiro atoms. The lowest BCUT2D eigenvalue weighted by Crippen LogP contribution is -2.49. The molecule has 1 amide bonds. The van der Waals surface area contributed by atoms with Crippen molar-refractivity contribution in [1.82, 2.24) is 10.2 Å². The van der Waals surface area contributed by atoms with Gasteiger partial charge in [0.1, 0.15) is 0 Å². The molecule has 1 fully saturated rings. The fraction of sp³-hybridized carbons (Fsp3) is 0.611. The summed E-state index contributed by atoms with van der Waals surface area (Å²) in [7, 11) is 0. The van der Waals surface area contributed by atoms with Crippen molar-refractivity contribution in [2.24, 2.45) is 0 Å². The molecule has 1 aliphatic rings. The lowest BCUT2D eigenvalue weighted by Gasteiger charge is -2.41. The first kappa shape index (κ1) is 17.0. The van der Waals surface area contributed by atoms with Crippen LogP contribution in [0.4, 0.5) is 5.69 Å². The standard InChI is InChI=1S/C18H29N3O/c1-14(22)20-17-7-5-15(6-8-17)13-19-16-9-11-21(12-10-16)18(2,3)4/h5-8,16,19H,9-13H2,1-4H3,(H,20,22). The number of rotatable bonds is 4. The van der Waals surface area contributed by atoms with Gasteiger partial charge in [-0.05, 0) is 51.3 Å². The molecule has 0 aromatic heterocycles. The highest BCUT2D eigenvalue weighted by Gasteiger charge is 2.26. The quantitative estimate of drug-likeness (QED) is 0.899. The number of hydrogen-bond acceptors (Lipinski definition) is 3. The number of carbonyl (C=O) groups excluding carboxylic acids is 1. The summed E-state index contributed by atoms with van der Waals surface area (Å²) in [5.74, 6) is -0.0310. The van der Waals surface area contributed by atoms with Crippen LogP contribution >= 0.6 is 0 Å². The third-order valence-electron chi connectivity index (χ3n) is 4.31. The Morgan fingerprint density at radius 2 is 1.77 bits per heavy atom. The molecule has 2 rings (SSSR count). The average Bonchev–Trinajstić information content (AvgIpc) is 2.45. The monoisotopic (exact) mass is 303 g/mol. The molecule has 1 heterocycles. The molecular formula is C18H29N3O. The number of likely N-dealkylation sites (tertiary alicyclic amines) is 1. The van der Waals surface area contributed by atoms with Crippen molar-refractivity contribution in [3.63, 3.8) is 0 Å². The fourth-order valence-corrected chi connectivity index (χ4v) is 2.93. The molecule has 0 atom stereocenters. The van der Waals surface area contributed by atoms with Crippen LogP contribution in [0.5, 0.6) is 0 Å². The second-order valence-corrected chi connectivity index (χ2v) is 7.19.